The van der Waals surface area contributed by atoms with Gasteiger partial charge in [0.25, 0.3) is 0 Å². The first-order valence-corrected chi connectivity index (χ1v) is 8.58. The van der Waals surface area contributed by atoms with E-state index in [0.717, 1.165) is 42.7 Å². The molecule has 0 spiro atoms. The minimum Gasteiger partial charge on any atom is -0.317 e. The summed E-state index contributed by atoms with van der Waals surface area (Å²) in [5, 5.41) is 3.41. The van der Waals surface area contributed by atoms with Gasteiger partial charge in [0.15, 0.2) is 0 Å². The Kier molecular flexibility index (Phi) is 6.83. The molecule has 1 fully saturated rings. The van der Waals surface area contributed by atoms with Crippen LogP contribution in [-0.4, -0.2) is 43.4 Å². The van der Waals surface area contributed by atoms with Gasteiger partial charge in [-0.15, -0.1) is 11.8 Å². The van der Waals surface area contributed by atoms with Crippen molar-refractivity contribution >= 4 is 11.8 Å². The second-order valence-electron chi connectivity index (χ2n) is 5.37. The zero-order valence-corrected chi connectivity index (χ0v) is 13.1. The molecule has 0 atom stereocenters. The van der Waals surface area contributed by atoms with Gasteiger partial charge in [0.05, 0.1) is 0 Å². The third-order valence-corrected chi connectivity index (χ3v) is 4.95. The van der Waals surface area contributed by atoms with Crippen molar-refractivity contribution in [2.45, 2.75) is 24.7 Å². The van der Waals surface area contributed by atoms with Gasteiger partial charge in [0.1, 0.15) is 5.82 Å². The van der Waals surface area contributed by atoms with Gasteiger partial charge in [0, 0.05) is 23.7 Å². The molecular weight excluding hydrogens is 271 g/mol. The summed E-state index contributed by atoms with van der Waals surface area (Å²) in [5.74, 6) is 1.69. The van der Waals surface area contributed by atoms with E-state index >= 15 is 0 Å². The number of piperidine rings is 1. The number of thioether (sulfide) groups is 1. The zero-order chi connectivity index (χ0) is 14.2. The molecule has 0 radical (unpaired) electrons. The molecule has 1 N–H and O–H groups in total. The molecule has 0 aliphatic carbocycles. The second kappa shape index (κ2) is 8.65. The summed E-state index contributed by atoms with van der Waals surface area (Å²) in [6.07, 6.45) is 2.58. The van der Waals surface area contributed by atoms with Crippen LogP contribution in [0.5, 0.6) is 0 Å². The molecule has 0 aromatic heterocycles. The first-order chi connectivity index (χ1) is 9.79. The van der Waals surface area contributed by atoms with Crippen molar-refractivity contribution in [3.8, 4) is 0 Å². The Labute approximate surface area is 126 Å². The maximum absolute atomic E-state index is 13.5. The van der Waals surface area contributed by atoms with E-state index in [0.29, 0.717) is 0 Å². The molecule has 0 amide bonds. The molecule has 0 unspecified atom stereocenters. The molecule has 1 aromatic rings. The van der Waals surface area contributed by atoms with Gasteiger partial charge in [-0.2, -0.15) is 0 Å². The van der Waals surface area contributed by atoms with Crippen molar-refractivity contribution in [2.75, 3.05) is 38.5 Å². The fraction of sp³-hybridized carbons (Fsp3) is 0.625. The van der Waals surface area contributed by atoms with Crippen LogP contribution in [0.15, 0.2) is 29.2 Å². The van der Waals surface area contributed by atoms with E-state index in [4.69, 9.17) is 0 Å². The molecule has 1 aliphatic heterocycles. The average Bonchev–Trinajstić information content (AvgIpc) is 2.49. The van der Waals surface area contributed by atoms with Gasteiger partial charge < -0.3 is 10.2 Å². The van der Waals surface area contributed by atoms with E-state index in [-0.39, 0.29) is 5.82 Å². The summed E-state index contributed by atoms with van der Waals surface area (Å²) < 4.78 is 13.5. The molecule has 112 valence electrons. The van der Waals surface area contributed by atoms with Crippen molar-refractivity contribution in [3.05, 3.63) is 30.1 Å². The maximum Gasteiger partial charge on any atom is 0.136 e. The molecular formula is C16H25FN2S. The van der Waals surface area contributed by atoms with Gasteiger partial charge in [-0.25, -0.2) is 4.39 Å². The van der Waals surface area contributed by atoms with Crippen LogP contribution in [0.25, 0.3) is 0 Å². The van der Waals surface area contributed by atoms with Gasteiger partial charge in [-0.05, 0) is 50.5 Å². The smallest absolute Gasteiger partial charge is 0.136 e. The van der Waals surface area contributed by atoms with Gasteiger partial charge in [0.2, 0.25) is 0 Å². The third-order valence-electron chi connectivity index (χ3n) is 3.92. The maximum atomic E-state index is 13.5. The van der Waals surface area contributed by atoms with Crippen molar-refractivity contribution in [1.82, 2.24) is 10.2 Å². The van der Waals surface area contributed by atoms with E-state index in [1.54, 1.807) is 17.8 Å². The van der Waals surface area contributed by atoms with E-state index in [1.807, 2.05) is 12.1 Å². The van der Waals surface area contributed by atoms with Crippen LogP contribution < -0.4 is 5.32 Å². The van der Waals surface area contributed by atoms with Crippen molar-refractivity contribution < 1.29 is 4.39 Å². The predicted octanol–water partition coefficient (Wildman–Crippen LogP) is 3.24. The number of nitrogens with one attached hydrogen (secondary N) is 1. The number of hydrogen-bond acceptors (Lipinski definition) is 3. The monoisotopic (exact) mass is 296 g/mol. The number of nitrogens with zero attached hydrogens (tertiary/aromatic N) is 1. The quantitative estimate of drug-likeness (QED) is 0.778. The average molecular weight is 296 g/mol. The van der Waals surface area contributed by atoms with Crippen LogP contribution in [-0.2, 0) is 0 Å². The van der Waals surface area contributed by atoms with Crippen molar-refractivity contribution in [1.29, 1.82) is 0 Å². The number of hydrogen-bond donors (Lipinski definition) is 1. The summed E-state index contributed by atoms with van der Waals surface area (Å²) in [6.45, 7) is 7.85. The third kappa shape index (κ3) is 5.08. The highest BCUT2D eigenvalue weighted by molar-refractivity contribution is 7.99. The number of benzene rings is 1. The molecule has 4 heteroatoms. The van der Waals surface area contributed by atoms with Gasteiger partial charge >= 0.3 is 0 Å². The standard InChI is InChI=1S/C16H25FN2S/c1-2-19(13-14-7-9-18-10-8-14)11-12-20-16-6-4-3-5-15(16)17/h3-6,14,18H,2,7-13H2,1H3. The molecule has 20 heavy (non-hydrogen) atoms. The lowest BCUT2D eigenvalue weighted by atomic mass is 9.97. The van der Waals surface area contributed by atoms with E-state index in [9.17, 15) is 4.39 Å². The fourth-order valence-corrected chi connectivity index (χ4v) is 3.60. The first-order valence-electron chi connectivity index (χ1n) is 7.60. The highest BCUT2D eigenvalue weighted by Crippen LogP contribution is 2.21. The molecule has 0 saturated carbocycles. The molecule has 1 aliphatic rings. The molecule has 2 nitrogen and oxygen atoms in total. The van der Waals surface area contributed by atoms with Crippen LogP contribution in [0.3, 0.4) is 0 Å². The van der Waals surface area contributed by atoms with E-state index in [2.05, 4.69) is 17.1 Å². The largest absolute Gasteiger partial charge is 0.317 e. The Bertz CT molecular complexity index is 394. The van der Waals surface area contributed by atoms with Crippen LogP contribution in [0.1, 0.15) is 19.8 Å². The van der Waals surface area contributed by atoms with E-state index < -0.39 is 0 Å². The Morgan fingerprint density at radius 3 is 2.75 bits per heavy atom. The second-order valence-corrected chi connectivity index (χ2v) is 6.50. The Morgan fingerprint density at radius 2 is 2.05 bits per heavy atom. The normalized spacial score (nSPS) is 16.8. The molecule has 1 saturated heterocycles. The SMILES string of the molecule is CCN(CCSc1ccccc1F)CC1CCNCC1. The van der Waals surface area contributed by atoms with Gasteiger partial charge in [-0.1, -0.05) is 19.1 Å². The summed E-state index contributed by atoms with van der Waals surface area (Å²) in [4.78, 5) is 3.27. The number of halogens is 1. The Balaban J connectivity index is 1.72. The van der Waals surface area contributed by atoms with E-state index in [1.165, 1.54) is 25.5 Å². The lowest BCUT2D eigenvalue weighted by Gasteiger charge is -2.29. The van der Waals surface area contributed by atoms with Gasteiger partial charge in [-0.3, -0.25) is 0 Å². The van der Waals surface area contributed by atoms with Crippen LogP contribution in [0.4, 0.5) is 4.39 Å². The molecule has 2 rings (SSSR count). The van der Waals surface area contributed by atoms with Crippen LogP contribution in [0.2, 0.25) is 0 Å². The minimum atomic E-state index is -0.0982. The molecule has 1 heterocycles. The zero-order valence-electron chi connectivity index (χ0n) is 12.3. The number of rotatable bonds is 7. The van der Waals surface area contributed by atoms with Crippen molar-refractivity contribution in [3.63, 3.8) is 0 Å². The predicted molar refractivity (Wildman–Crippen MR) is 84.8 cm³/mol. The fourth-order valence-electron chi connectivity index (χ4n) is 2.65. The highest BCUT2D eigenvalue weighted by Gasteiger charge is 2.16. The molecule has 1 aromatic carbocycles. The Hall–Kier alpha value is -0.580. The highest BCUT2D eigenvalue weighted by atomic mass is 32.2. The topological polar surface area (TPSA) is 15.3 Å². The lowest BCUT2D eigenvalue weighted by molar-refractivity contribution is 0.223. The Morgan fingerprint density at radius 1 is 1.30 bits per heavy atom. The summed E-state index contributed by atoms with van der Waals surface area (Å²) in [6, 6.07) is 7.05. The molecule has 0 bridgehead atoms. The summed E-state index contributed by atoms with van der Waals surface area (Å²) in [7, 11) is 0. The summed E-state index contributed by atoms with van der Waals surface area (Å²) in [5.41, 5.74) is 0. The lowest BCUT2D eigenvalue weighted by Crippen LogP contribution is -2.37. The van der Waals surface area contributed by atoms with Crippen molar-refractivity contribution in [2.24, 2.45) is 5.92 Å². The summed E-state index contributed by atoms with van der Waals surface area (Å²) >= 11 is 1.62. The minimum absolute atomic E-state index is 0.0982. The first kappa shape index (κ1) is 15.8. The van der Waals surface area contributed by atoms with Crippen LogP contribution >= 0.6 is 11.8 Å². The van der Waals surface area contributed by atoms with Crippen LogP contribution in [0, 0.1) is 11.7 Å².